The highest BCUT2D eigenvalue weighted by Gasteiger charge is 2.07. The van der Waals surface area contributed by atoms with Crippen molar-refractivity contribution in [1.82, 2.24) is 10.3 Å². The number of benzene rings is 1. The van der Waals surface area contributed by atoms with E-state index in [1.165, 1.54) is 0 Å². The maximum atomic E-state index is 5.41. The lowest BCUT2D eigenvalue weighted by Crippen LogP contribution is -2.22. The predicted octanol–water partition coefficient (Wildman–Crippen LogP) is 3.26. The Morgan fingerprint density at radius 1 is 1.21 bits per heavy atom. The summed E-state index contributed by atoms with van der Waals surface area (Å²) in [5, 5.41) is 3.41. The zero-order valence-corrected chi connectivity index (χ0v) is 11.7. The van der Waals surface area contributed by atoms with Crippen molar-refractivity contribution < 1.29 is 4.74 Å². The Kier molecular flexibility index (Phi) is 4.53. The molecule has 3 heteroatoms. The van der Waals surface area contributed by atoms with Crippen LogP contribution in [0.5, 0.6) is 5.75 Å². The molecule has 0 atom stereocenters. The van der Waals surface area contributed by atoms with E-state index in [1.54, 1.807) is 7.11 Å². The second kappa shape index (κ2) is 6.34. The van der Waals surface area contributed by atoms with Crippen molar-refractivity contribution >= 4 is 0 Å². The van der Waals surface area contributed by atoms with Crippen LogP contribution in [0.25, 0.3) is 11.3 Å². The molecular weight excluding hydrogens is 236 g/mol. The molecule has 0 spiro atoms. The van der Waals surface area contributed by atoms with Crippen LogP contribution < -0.4 is 10.1 Å². The lowest BCUT2D eigenvalue weighted by molar-refractivity contribution is 0.406. The summed E-state index contributed by atoms with van der Waals surface area (Å²) >= 11 is 0. The topological polar surface area (TPSA) is 34.1 Å². The first kappa shape index (κ1) is 13.6. The molecule has 2 aromatic rings. The van der Waals surface area contributed by atoms with Gasteiger partial charge in [0.1, 0.15) is 5.75 Å². The van der Waals surface area contributed by atoms with E-state index in [0.717, 1.165) is 29.1 Å². The van der Waals surface area contributed by atoms with Crippen LogP contribution in [0.2, 0.25) is 0 Å². The molecule has 0 saturated carbocycles. The molecule has 100 valence electrons. The Bertz CT molecular complexity index is 524. The molecule has 1 N–H and O–H groups in total. The lowest BCUT2D eigenvalue weighted by atomic mass is 10.1. The fourth-order valence-electron chi connectivity index (χ4n) is 1.92. The van der Waals surface area contributed by atoms with Crippen LogP contribution in [0.1, 0.15) is 19.4 Å². The van der Waals surface area contributed by atoms with Gasteiger partial charge in [-0.3, -0.25) is 4.98 Å². The van der Waals surface area contributed by atoms with Crippen molar-refractivity contribution in [2.45, 2.75) is 26.4 Å². The van der Waals surface area contributed by atoms with Crippen molar-refractivity contribution in [2.75, 3.05) is 7.11 Å². The monoisotopic (exact) mass is 256 g/mol. The Morgan fingerprint density at radius 2 is 2.05 bits per heavy atom. The van der Waals surface area contributed by atoms with Gasteiger partial charge in [0.15, 0.2) is 0 Å². The highest BCUT2D eigenvalue weighted by molar-refractivity contribution is 5.61. The van der Waals surface area contributed by atoms with Crippen molar-refractivity contribution in [3.8, 4) is 17.0 Å². The van der Waals surface area contributed by atoms with Crippen LogP contribution in [0, 0.1) is 0 Å². The van der Waals surface area contributed by atoms with Crippen molar-refractivity contribution in [3.05, 3.63) is 48.2 Å². The highest BCUT2D eigenvalue weighted by Crippen LogP contribution is 2.25. The van der Waals surface area contributed by atoms with E-state index in [-0.39, 0.29) is 0 Å². The molecular formula is C16H20N2O. The molecule has 2 rings (SSSR count). The highest BCUT2D eigenvalue weighted by atomic mass is 16.5. The summed E-state index contributed by atoms with van der Waals surface area (Å²) < 4.78 is 5.41. The second-order valence-corrected chi connectivity index (χ2v) is 4.78. The summed E-state index contributed by atoms with van der Waals surface area (Å²) in [5.74, 6) is 0.910. The van der Waals surface area contributed by atoms with Crippen LogP contribution in [-0.4, -0.2) is 18.1 Å². The largest absolute Gasteiger partial charge is 0.496 e. The summed E-state index contributed by atoms with van der Waals surface area (Å²) in [6, 6.07) is 12.6. The third-order valence-electron chi connectivity index (χ3n) is 2.94. The number of aromatic nitrogens is 1. The lowest BCUT2D eigenvalue weighted by Gasteiger charge is -2.13. The average molecular weight is 256 g/mol. The Balaban J connectivity index is 2.30. The molecule has 0 aliphatic carbocycles. The van der Waals surface area contributed by atoms with Gasteiger partial charge in [-0.1, -0.05) is 19.9 Å². The maximum absolute atomic E-state index is 5.41. The van der Waals surface area contributed by atoms with Gasteiger partial charge in [-0.05, 0) is 30.3 Å². The quantitative estimate of drug-likeness (QED) is 0.891. The summed E-state index contributed by atoms with van der Waals surface area (Å²) in [6.07, 6.45) is 1.81. The minimum absolute atomic E-state index is 0.447. The normalized spacial score (nSPS) is 10.7. The standard InChI is InChI=1S/C16H20N2O/c1-12(2)18-11-14-10-13(7-8-16(14)19-3)15-6-4-5-9-17-15/h4-10,12,18H,11H2,1-3H3. The van der Waals surface area contributed by atoms with Crippen molar-refractivity contribution in [3.63, 3.8) is 0 Å². The van der Waals surface area contributed by atoms with E-state index in [1.807, 2.05) is 36.5 Å². The minimum Gasteiger partial charge on any atom is -0.496 e. The molecule has 1 aromatic heterocycles. The van der Waals surface area contributed by atoms with Gasteiger partial charge >= 0.3 is 0 Å². The molecule has 0 saturated heterocycles. The van der Waals surface area contributed by atoms with Gasteiger partial charge in [0.05, 0.1) is 12.8 Å². The molecule has 19 heavy (non-hydrogen) atoms. The van der Waals surface area contributed by atoms with Crippen LogP contribution in [0.3, 0.4) is 0 Å². The Labute approximate surface area is 114 Å². The first-order valence-electron chi connectivity index (χ1n) is 6.52. The molecule has 3 nitrogen and oxygen atoms in total. The number of ether oxygens (including phenoxy) is 1. The molecule has 0 aliphatic rings. The van der Waals surface area contributed by atoms with Crippen LogP contribution in [0.4, 0.5) is 0 Å². The molecule has 0 radical (unpaired) electrons. The van der Waals surface area contributed by atoms with Gasteiger partial charge in [0.25, 0.3) is 0 Å². The minimum atomic E-state index is 0.447. The molecule has 0 unspecified atom stereocenters. The molecule has 0 bridgehead atoms. The van der Waals surface area contributed by atoms with Gasteiger partial charge in [0.2, 0.25) is 0 Å². The van der Waals surface area contributed by atoms with Gasteiger partial charge in [-0.15, -0.1) is 0 Å². The summed E-state index contributed by atoms with van der Waals surface area (Å²) in [4.78, 5) is 4.38. The van der Waals surface area contributed by atoms with E-state index in [9.17, 15) is 0 Å². The molecule has 0 fully saturated rings. The molecule has 0 aliphatic heterocycles. The van der Waals surface area contributed by atoms with Crippen LogP contribution >= 0.6 is 0 Å². The number of hydrogen-bond donors (Lipinski definition) is 1. The molecule has 1 aromatic carbocycles. The van der Waals surface area contributed by atoms with Crippen LogP contribution in [0.15, 0.2) is 42.6 Å². The number of hydrogen-bond acceptors (Lipinski definition) is 3. The SMILES string of the molecule is COc1ccc(-c2ccccn2)cc1CNC(C)C. The van der Waals surface area contributed by atoms with Crippen LogP contribution in [-0.2, 0) is 6.54 Å². The molecule has 1 heterocycles. The smallest absolute Gasteiger partial charge is 0.123 e. The average Bonchev–Trinajstić information content (AvgIpc) is 2.45. The zero-order chi connectivity index (χ0) is 13.7. The van der Waals surface area contributed by atoms with Gasteiger partial charge in [-0.25, -0.2) is 0 Å². The van der Waals surface area contributed by atoms with E-state index in [4.69, 9.17) is 4.74 Å². The Hall–Kier alpha value is -1.87. The third kappa shape index (κ3) is 3.55. The fourth-order valence-corrected chi connectivity index (χ4v) is 1.92. The number of methoxy groups -OCH3 is 1. The van der Waals surface area contributed by atoms with Crippen molar-refractivity contribution in [2.24, 2.45) is 0 Å². The van der Waals surface area contributed by atoms with Gasteiger partial charge in [-0.2, -0.15) is 0 Å². The van der Waals surface area contributed by atoms with E-state index < -0.39 is 0 Å². The molecule has 0 amide bonds. The summed E-state index contributed by atoms with van der Waals surface area (Å²) in [7, 11) is 1.70. The zero-order valence-electron chi connectivity index (χ0n) is 11.7. The van der Waals surface area contributed by atoms with E-state index >= 15 is 0 Å². The number of pyridine rings is 1. The first-order chi connectivity index (χ1) is 9.20. The Morgan fingerprint density at radius 3 is 2.68 bits per heavy atom. The third-order valence-corrected chi connectivity index (χ3v) is 2.94. The summed E-state index contributed by atoms with van der Waals surface area (Å²) in [5.41, 5.74) is 3.25. The number of rotatable bonds is 5. The number of nitrogens with zero attached hydrogens (tertiary/aromatic N) is 1. The van der Waals surface area contributed by atoms with Gasteiger partial charge in [0, 0.05) is 29.9 Å². The van der Waals surface area contributed by atoms with Crippen molar-refractivity contribution in [1.29, 1.82) is 0 Å². The summed E-state index contributed by atoms with van der Waals surface area (Å²) in [6.45, 7) is 5.06. The first-order valence-corrected chi connectivity index (χ1v) is 6.52. The predicted molar refractivity (Wildman–Crippen MR) is 78.2 cm³/mol. The van der Waals surface area contributed by atoms with E-state index in [2.05, 4.69) is 30.2 Å². The number of nitrogens with one attached hydrogen (secondary N) is 1. The maximum Gasteiger partial charge on any atom is 0.123 e. The second-order valence-electron chi connectivity index (χ2n) is 4.78. The van der Waals surface area contributed by atoms with E-state index in [0.29, 0.717) is 6.04 Å². The fraction of sp³-hybridized carbons (Fsp3) is 0.312. The van der Waals surface area contributed by atoms with Gasteiger partial charge < -0.3 is 10.1 Å².